The number of hydrogen-bond donors (Lipinski definition) is 1. The van der Waals surface area contributed by atoms with Gasteiger partial charge in [0.05, 0.1) is 6.10 Å². The fourth-order valence-corrected chi connectivity index (χ4v) is 6.47. The predicted octanol–water partition coefficient (Wildman–Crippen LogP) is 3.82. The highest BCUT2D eigenvalue weighted by Gasteiger charge is 2.29. The van der Waals surface area contributed by atoms with Gasteiger partial charge < -0.3 is 5.11 Å². The molecular weight excluding hydrogens is 268 g/mol. The van der Waals surface area contributed by atoms with Gasteiger partial charge in [0.2, 0.25) is 0 Å². The molecule has 0 spiro atoms. The van der Waals surface area contributed by atoms with Crippen molar-refractivity contribution in [1.29, 1.82) is 0 Å². The average molecular weight is 292 g/mol. The first-order valence-electron chi connectivity index (χ1n) is 7.57. The first kappa shape index (κ1) is 14.0. The number of aliphatic hydroxyl groups excluding tert-OH is 1. The van der Waals surface area contributed by atoms with Gasteiger partial charge in [0.15, 0.2) is 0 Å². The second-order valence-corrected chi connectivity index (χ2v) is 8.88. The molecule has 1 fully saturated rings. The molecule has 0 amide bonds. The van der Waals surface area contributed by atoms with Crippen molar-refractivity contribution in [2.24, 2.45) is 5.92 Å². The zero-order valence-corrected chi connectivity index (χ0v) is 12.9. The molecule has 1 saturated carbocycles. The molecule has 1 aliphatic carbocycles. The third kappa shape index (κ3) is 2.72. The Hall–Kier alpha value is -1.00. The zero-order valence-electron chi connectivity index (χ0n) is 12.1. The van der Waals surface area contributed by atoms with Gasteiger partial charge in [-0.25, -0.2) is 4.98 Å². The van der Waals surface area contributed by atoms with E-state index in [9.17, 15) is 5.11 Å². The van der Waals surface area contributed by atoms with E-state index >= 15 is 0 Å². The van der Waals surface area contributed by atoms with Gasteiger partial charge in [0.1, 0.15) is 6.33 Å². The van der Waals surface area contributed by atoms with Gasteiger partial charge in [-0.05, 0) is 42.1 Å². The van der Waals surface area contributed by atoms with Crippen LogP contribution in [0.1, 0.15) is 39.0 Å². The lowest BCUT2D eigenvalue weighted by molar-refractivity contribution is 0.219. The summed E-state index contributed by atoms with van der Waals surface area (Å²) < 4.78 is 2.20. The van der Waals surface area contributed by atoms with Crippen molar-refractivity contribution in [1.82, 2.24) is 8.96 Å². The number of imidazole rings is 1. The molecule has 2 aliphatic rings. The van der Waals surface area contributed by atoms with E-state index in [1.807, 2.05) is 25.6 Å². The van der Waals surface area contributed by atoms with Crippen molar-refractivity contribution in [3.63, 3.8) is 0 Å². The van der Waals surface area contributed by atoms with Crippen LogP contribution in [0.15, 0.2) is 41.2 Å². The molecule has 0 bridgehead atoms. The lowest BCUT2D eigenvalue weighted by Gasteiger charge is -2.34. The molecule has 0 saturated heterocycles. The molecule has 2 unspecified atom stereocenters. The van der Waals surface area contributed by atoms with Crippen LogP contribution < -0.4 is 0 Å². The summed E-state index contributed by atoms with van der Waals surface area (Å²) in [5.74, 6) is 1.52. The Kier molecular flexibility index (Phi) is 4.03. The number of nitrogens with zero attached hydrogens (tertiary/aromatic N) is 2. The van der Waals surface area contributed by atoms with Crippen LogP contribution in [0.3, 0.4) is 0 Å². The van der Waals surface area contributed by atoms with E-state index in [0.29, 0.717) is 0 Å². The third-order valence-corrected chi connectivity index (χ3v) is 7.60. The standard InChI is InChI=1S/C16H24N2OS/c1-14(19)11-20(18-9-8-17-13-18)10-7-16(12-20)15-5-3-2-4-6-15/h7-10,12-15,19H,2-6,11H2,1H3. The molecule has 2 atom stereocenters. The van der Waals surface area contributed by atoms with Gasteiger partial charge in [-0.3, -0.25) is 3.97 Å². The smallest absolute Gasteiger partial charge is 0.104 e. The monoisotopic (exact) mass is 292 g/mol. The lowest BCUT2D eigenvalue weighted by Crippen LogP contribution is -2.17. The maximum Gasteiger partial charge on any atom is 0.104 e. The molecule has 2 heterocycles. The number of aliphatic hydroxyl groups is 1. The first-order chi connectivity index (χ1) is 9.70. The topological polar surface area (TPSA) is 38.0 Å². The summed E-state index contributed by atoms with van der Waals surface area (Å²) >= 11 is 0. The van der Waals surface area contributed by atoms with Crippen molar-refractivity contribution in [3.05, 3.63) is 41.2 Å². The minimum absolute atomic E-state index is 0.293. The van der Waals surface area contributed by atoms with E-state index in [4.69, 9.17) is 0 Å². The highest BCUT2D eigenvalue weighted by molar-refractivity contribution is 8.37. The van der Waals surface area contributed by atoms with Crippen molar-refractivity contribution in [2.45, 2.75) is 45.1 Å². The predicted molar refractivity (Wildman–Crippen MR) is 85.6 cm³/mol. The van der Waals surface area contributed by atoms with Crippen molar-refractivity contribution < 1.29 is 5.11 Å². The third-order valence-electron chi connectivity index (χ3n) is 4.29. The van der Waals surface area contributed by atoms with Gasteiger partial charge in [0, 0.05) is 18.1 Å². The Morgan fingerprint density at radius 1 is 1.40 bits per heavy atom. The minimum atomic E-state index is -1.23. The summed E-state index contributed by atoms with van der Waals surface area (Å²) in [5, 5.41) is 14.7. The Labute approximate surface area is 122 Å². The molecular formula is C16H24N2OS. The summed E-state index contributed by atoms with van der Waals surface area (Å²) in [6, 6.07) is 0. The molecule has 1 N–H and O–H groups in total. The van der Waals surface area contributed by atoms with Crippen LogP contribution in [0.5, 0.6) is 0 Å². The number of allylic oxidation sites excluding steroid dienone is 2. The van der Waals surface area contributed by atoms with E-state index in [-0.39, 0.29) is 6.10 Å². The SMILES string of the molecule is CC(O)CS1(n2ccnc2)C=CC(C2CCCCC2)=C1. The Morgan fingerprint density at radius 2 is 2.20 bits per heavy atom. The highest BCUT2D eigenvalue weighted by atomic mass is 32.3. The second kappa shape index (κ2) is 5.78. The molecule has 1 aliphatic heterocycles. The molecule has 20 heavy (non-hydrogen) atoms. The number of hydrogen-bond acceptors (Lipinski definition) is 2. The summed E-state index contributed by atoms with van der Waals surface area (Å²) in [6.45, 7) is 1.88. The van der Waals surface area contributed by atoms with Gasteiger partial charge >= 0.3 is 0 Å². The van der Waals surface area contributed by atoms with E-state index < -0.39 is 10.2 Å². The fraction of sp³-hybridized carbons (Fsp3) is 0.562. The van der Waals surface area contributed by atoms with E-state index in [0.717, 1.165) is 11.7 Å². The summed E-state index contributed by atoms with van der Waals surface area (Å²) in [4.78, 5) is 4.20. The average Bonchev–Trinajstić information content (AvgIpc) is 3.08. The summed E-state index contributed by atoms with van der Waals surface area (Å²) in [7, 11) is -1.23. The van der Waals surface area contributed by atoms with Crippen molar-refractivity contribution in [2.75, 3.05) is 5.75 Å². The van der Waals surface area contributed by atoms with Gasteiger partial charge in [-0.1, -0.05) is 25.3 Å². The van der Waals surface area contributed by atoms with E-state index in [1.165, 1.54) is 37.7 Å². The van der Waals surface area contributed by atoms with Crippen LogP contribution >= 0.6 is 10.2 Å². The fourth-order valence-electron chi connectivity index (χ4n) is 3.33. The van der Waals surface area contributed by atoms with Gasteiger partial charge in [0.25, 0.3) is 0 Å². The quantitative estimate of drug-likeness (QED) is 0.916. The Morgan fingerprint density at radius 3 is 2.85 bits per heavy atom. The highest BCUT2D eigenvalue weighted by Crippen LogP contribution is 2.58. The number of aromatic nitrogens is 2. The molecule has 1 aromatic heterocycles. The molecule has 3 nitrogen and oxygen atoms in total. The van der Waals surface area contributed by atoms with Crippen LogP contribution in [0.25, 0.3) is 0 Å². The van der Waals surface area contributed by atoms with Gasteiger partial charge in [-0.2, -0.15) is 0 Å². The summed E-state index contributed by atoms with van der Waals surface area (Å²) in [5.41, 5.74) is 1.49. The normalized spacial score (nSPS) is 31.8. The number of rotatable bonds is 4. The second-order valence-electron chi connectivity index (χ2n) is 6.00. The van der Waals surface area contributed by atoms with Crippen LogP contribution in [-0.2, 0) is 0 Å². The van der Waals surface area contributed by atoms with Crippen molar-refractivity contribution in [3.8, 4) is 0 Å². The minimum Gasteiger partial charge on any atom is -0.393 e. The van der Waals surface area contributed by atoms with Crippen molar-refractivity contribution >= 4 is 10.2 Å². The van der Waals surface area contributed by atoms with Crippen LogP contribution in [0.2, 0.25) is 0 Å². The largest absolute Gasteiger partial charge is 0.393 e. The van der Waals surface area contributed by atoms with E-state index in [1.54, 1.807) is 0 Å². The Balaban J connectivity index is 1.88. The maximum absolute atomic E-state index is 9.90. The van der Waals surface area contributed by atoms with Gasteiger partial charge in [-0.15, -0.1) is 10.2 Å². The Bertz CT molecular complexity index is 501. The first-order valence-corrected chi connectivity index (χ1v) is 9.45. The summed E-state index contributed by atoms with van der Waals surface area (Å²) in [6.07, 6.45) is 14.5. The lowest BCUT2D eigenvalue weighted by atomic mass is 9.84. The van der Waals surface area contributed by atoms with Crippen LogP contribution in [-0.4, -0.2) is 25.9 Å². The van der Waals surface area contributed by atoms with E-state index in [2.05, 4.69) is 25.8 Å². The molecule has 3 rings (SSSR count). The molecule has 4 heteroatoms. The maximum atomic E-state index is 9.90. The zero-order chi connectivity index (χ0) is 14.0. The molecule has 0 aromatic carbocycles. The van der Waals surface area contributed by atoms with Crippen LogP contribution in [0.4, 0.5) is 0 Å². The van der Waals surface area contributed by atoms with Crippen LogP contribution in [0, 0.1) is 5.92 Å². The molecule has 1 aromatic rings. The molecule has 110 valence electrons. The molecule has 0 radical (unpaired) electrons.